The Morgan fingerprint density at radius 3 is 1.41 bits per heavy atom. The molecule has 1 unspecified atom stereocenters. The molecule has 2 rings (SSSR count). The lowest BCUT2D eigenvalue weighted by atomic mass is 9.69. The van der Waals surface area contributed by atoms with Gasteiger partial charge in [0, 0.05) is 5.56 Å². The fraction of sp³-hybridized carbons (Fsp3) is 0.538. The molecule has 0 saturated carbocycles. The van der Waals surface area contributed by atoms with Crippen LogP contribution in [-0.4, -0.2) is 54.7 Å². The minimum absolute atomic E-state index is 0.203. The van der Waals surface area contributed by atoms with E-state index in [4.69, 9.17) is 24.3 Å². The van der Waals surface area contributed by atoms with Crippen molar-refractivity contribution in [3.05, 3.63) is 64.7 Å². The van der Waals surface area contributed by atoms with Gasteiger partial charge in [0.1, 0.15) is 11.9 Å². The van der Waals surface area contributed by atoms with E-state index in [1.807, 2.05) is 30.3 Å². The number of hydrogen-bond donors (Lipinski definition) is 7. The average Bonchev–Trinajstić information content (AvgIpc) is 2.77. The Morgan fingerprint density at radius 1 is 0.744 bits per heavy atom. The van der Waals surface area contributed by atoms with Crippen LogP contribution in [0.1, 0.15) is 69.9 Å². The van der Waals surface area contributed by atoms with Crippen molar-refractivity contribution in [1.29, 1.82) is 0 Å². The van der Waals surface area contributed by atoms with Crippen LogP contribution in [0.5, 0.6) is 5.75 Å². The normalized spacial score (nSPS) is 13.9. The van der Waals surface area contributed by atoms with Crippen molar-refractivity contribution >= 4 is 15.6 Å². The summed E-state index contributed by atoms with van der Waals surface area (Å²) in [6.45, 7) is 13.8. The smallest absolute Gasteiger partial charge is 0.478 e. The van der Waals surface area contributed by atoms with Gasteiger partial charge in [-0.2, -0.15) is 4.31 Å². The Morgan fingerprint density at radius 2 is 1.13 bits per heavy atom. The second-order valence-electron chi connectivity index (χ2n) is 11.5. The number of rotatable bonds is 9. The second kappa shape index (κ2) is 13.4. The predicted molar refractivity (Wildman–Crippen MR) is 147 cm³/mol. The number of aliphatic hydroxyl groups is 3. The van der Waals surface area contributed by atoms with Gasteiger partial charge in [0.05, 0.1) is 25.2 Å². The zero-order chi connectivity index (χ0) is 30.4. The van der Waals surface area contributed by atoms with Crippen molar-refractivity contribution in [2.24, 2.45) is 5.41 Å². The molecule has 7 N–H and O–H groups in total. The Balaban J connectivity index is 0.000000724. The van der Waals surface area contributed by atoms with E-state index in [0.717, 1.165) is 22.3 Å². The third-order valence-electron chi connectivity index (χ3n) is 5.91. The van der Waals surface area contributed by atoms with Gasteiger partial charge >= 0.3 is 15.6 Å². The van der Waals surface area contributed by atoms with Crippen molar-refractivity contribution < 1.29 is 53.1 Å². The van der Waals surface area contributed by atoms with E-state index < -0.39 is 47.0 Å². The number of benzene rings is 2. The third-order valence-corrected chi connectivity index (χ3v) is 7.62. The lowest BCUT2D eigenvalue weighted by Gasteiger charge is -2.42. The van der Waals surface area contributed by atoms with Gasteiger partial charge < -0.3 is 39.6 Å². The van der Waals surface area contributed by atoms with Crippen LogP contribution >= 0.6 is 15.6 Å². The molecular weight excluding hydrogens is 550 g/mol. The molecule has 11 nitrogen and oxygen atoms in total. The van der Waals surface area contributed by atoms with E-state index in [-0.39, 0.29) is 10.8 Å². The highest BCUT2D eigenvalue weighted by atomic mass is 31.3. The second-order valence-corrected chi connectivity index (χ2v) is 14.1. The SMILES string of the molecule is Cc1cc(C(C)(C)C)c(C(Oc2ccccc2)C(CO)(CO)CO)c(C(C)(C)C)c1.O=P(O)(O)OP(=O)(O)O. The van der Waals surface area contributed by atoms with Gasteiger partial charge in [-0.05, 0) is 41.0 Å². The van der Waals surface area contributed by atoms with E-state index in [1.165, 1.54) is 0 Å². The molecule has 0 fully saturated rings. The van der Waals surface area contributed by atoms with Crippen molar-refractivity contribution in [1.82, 2.24) is 0 Å². The van der Waals surface area contributed by atoms with E-state index in [2.05, 4.69) is 64.9 Å². The zero-order valence-electron chi connectivity index (χ0n) is 23.4. The van der Waals surface area contributed by atoms with Crippen LogP contribution in [0.25, 0.3) is 0 Å². The van der Waals surface area contributed by atoms with Crippen LogP contribution in [0, 0.1) is 12.3 Å². The molecule has 0 heterocycles. The molecule has 0 saturated heterocycles. The van der Waals surface area contributed by atoms with E-state index in [1.54, 1.807) is 0 Å². The molecule has 0 radical (unpaired) electrons. The van der Waals surface area contributed by atoms with Gasteiger partial charge in [-0.3, -0.25) is 0 Å². The lowest BCUT2D eigenvalue weighted by molar-refractivity contribution is -0.0753. The summed E-state index contributed by atoms with van der Waals surface area (Å²) in [5.74, 6) is 0.627. The standard InChI is InChI=1S/C26H38O4.H4O7P2/c1-18-13-20(24(2,3)4)22(21(14-18)25(5,6)7)23(26(15-27,16-28)17-29)30-19-11-9-8-10-12-19;1-8(2,3)7-9(4,5)6/h8-14,23,27-29H,15-17H2,1-7H3;(H2,1,2,3)(H2,4,5,6). The summed E-state index contributed by atoms with van der Waals surface area (Å²) in [4.78, 5) is 31.0. The van der Waals surface area contributed by atoms with Crippen LogP contribution in [-0.2, 0) is 24.3 Å². The van der Waals surface area contributed by atoms with Gasteiger partial charge in [0.2, 0.25) is 0 Å². The van der Waals surface area contributed by atoms with Gasteiger partial charge in [-0.25, -0.2) is 9.13 Å². The maximum Gasteiger partial charge on any atom is 0.478 e. The molecule has 0 bridgehead atoms. The fourth-order valence-electron chi connectivity index (χ4n) is 3.98. The quantitative estimate of drug-likeness (QED) is 0.209. The third kappa shape index (κ3) is 10.7. The highest BCUT2D eigenvalue weighted by molar-refractivity contribution is 7.60. The number of phosphoric acid groups is 2. The zero-order valence-corrected chi connectivity index (χ0v) is 25.2. The minimum atomic E-state index is -5.05. The average molecular weight is 593 g/mol. The van der Waals surface area contributed by atoms with Crippen LogP contribution in [0.15, 0.2) is 42.5 Å². The summed E-state index contributed by atoms with van der Waals surface area (Å²) in [5.41, 5.74) is 2.61. The number of aliphatic hydroxyl groups excluding tert-OH is 3. The van der Waals surface area contributed by atoms with E-state index in [9.17, 15) is 24.4 Å². The van der Waals surface area contributed by atoms with Crippen LogP contribution in [0.3, 0.4) is 0 Å². The first kappa shape index (κ1) is 35.4. The Kier molecular flexibility index (Phi) is 12.1. The number of para-hydroxylation sites is 1. The molecule has 0 aliphatic heterocycles. The maximum absolute atomic E-state index is 10.3. The van der Waals surface area contributed by atoms with Gasteiger partial charge in [-0.1, -0.05) is 77.4 Å². The summed E-state index contributed by atoms with van der Waals surface area (Å²) < 4.78 is 28.7. The fourth-order valence-corrected chi connectivity index (χ4v) is 5.09. The first-order valence-corrected chi connectivity index (χ1v) is 15.2. The first-order valence-electron chi connectivity index (χ1n) is 12.1. The molecule has 0 spiro atoms. The molecule has 1 atom stereocenters. The lowest BCUT2D eigenvalue weighted by Crippen LogP contribution is -2.44. The minimum Gasteiger partial charge on any atom is -0.485 e. The topological polar surface area (TPSA) is 194 Å². The number of ether oxygens (including phenoxy) is 1. The summed E-state index contributed by atoms with van der Waals surface area (Å²) in [6.07, 6.45) is -0.732. The van der Waals surface area contributed by atoms with Crippen molar-refractivity contribution in [3.63, 3.8) is 0 Å². The molecule has 222 valence electrons. The Hall–Kier alpha value is -1.62. The predicted octanol–water partition coefficient (Wildman–Crippen LogP) is 3.86. The van der Waals surface area contributed by atoms with E-state index >= 15 is 0 Å². The van der Waals surface area contributed by atoms with Crippen molar-refractivity contribution in [2.45, 2.75) is 65.4 Å². The van der Waals surface area contributed by atoms with Crippen LogP contribution < -0.4 is 4.74 Å². The van der Waals surface area contributed by atoms with E-state index in [0.29, 0.717) is 5.75 Å². The Labute approximate surface area is 229 Å². The monoisotopic (exact) mass is 592 g/mol. The van der Waals surface area contributed by atoms with Crippen molar-refractivity contribution in [2.75, 3.05) is 19.8 Å². The molecule has 0 aromatic heterocycles. The molecular formula is C26H42O11P2. The molecule has 0 aliphatic carbocycles. The molecule has 0 amide bonds. The van der Waals surface area contributed by atoms with Crippen LogP contribution in [0.4, 0.5) is 0 Å². The summed E-state index contributed by atoms with van der Waals surface area (Å²) >= 11 is 0. The maximum atomic E-state index is 10.3. The summed E-state index contributed by atoms with van der Waals surface area (Å²) in [7, 11) is -10.1. The molecule has 39 heavy (non-hydrogen) atoms. The molecule has 13 heteroatoms. The van der Waals surface area contributed by atoms with Crippen LogP contribution in [0.2, 0.25) is 0 Å². The van der Waals surface area contributed by atoms with Gasteiger partial charge in [0.25, 0.3) is 0 Å². The summed E-state index contributed by atoms with van der Waals surface area (Å²) in [6, 6.07) is 13.7. The largest absolute Gasteiger partial charge is 0.485 e. The summed E-state index contributed by atoms with van der Waals surface area (Å²) in [5, 5.41) is 31.0. The molecule has 2 aromatic carbocycles. The molecule has 2 aromatic rings. The number of aryl methyl sites for hydroxylation is 1. The first-order chi connectivity index (χ1) is 17.6. The Bertz CT molecular complexity index is 1090. The van der Waals surface area contributed by atoms with Crippen molar-refractivity contribution in [3.8, 4) is 5.75 Å². The van der Waals surface area contributed by atoms with Gasteiger partial charge in [0.15, 0.2) is 0 Å². The highest BCUT2D eigenvalue weighted by Crippen LogP contribution is 2.54. The molecule has 0 aliphatic rings. The van der Waals surface area contributed by atoms with Gasteiger partial charge in [-0.15, -0.1) is 0 Å². The highest BCUT2D eigenvalue weighted by Gasteiger charge is 2.45. The number of hydrogen-bond acceptors (Lipinski definition) is 7.